The van der Waals surface area contributed by atoms with Gasteiger partial charge in [0, 0.05) is 25.0 Å². The van der Waals surface area contributed by atoms with Crippen molar-refractivity contribution in [2.45, 2.75) is 32.7 Å². The summed E-state index contributed by atoms with van der Waals surface area (Å²) in [6, 6.07) is 5.83. The van der Waals surface area contributed by atoms with Gasteiger partial charge < -0.3 is 13.9 Å². The highest BCUT2D eigenvalue weighted by Crippen LogP contribution is 2.24. The molecule has 0 atom stereocenters. The minimum atomic E-state index is -0.303. The topological polar surface area (TPSA) is 53.2 Å². The second-order valence-electron chi connectivity index (χ2n) is 5.77. The van der Waals surface area contributed by atoms with Gasteiger partial charge >= 0.3 is 5.97 Å². The van der Waals surface area contributed by atoms with Crippen molar-refractivity contribution >= 4 is 11.8 Å². The number of methoxy groups -OCH3 is 1. The number of esters is 1. The van der Waals surface area contributed by atoms with Gasteiger partial charge in [-0.2, -0.15) is 0 Å². The maximum absolute atomic E-state index is 12.9. The fourth-order valence-electron chi connectivity index (χ4n) is 3.27. The second kappa shape index (κ2) is 5.48. The number of aromatic nitrogens is 2. The maximum atomic E-state index is 12.9. The lowest BCUT2D eigenvalue weighted by Crippen LogP contribution is -2.15. The molecule has 5 nitrogen and oxygen atoms in total. The van der Waals surface area contributed by atoms with Crippen LogP contribution < -0.4 is 0 Å². The van der Waals surface area contributed by atoms with Crippen LogP contribution in [0.2, 0.25) is 0 Å². The molecule has 0 unspecified atom stereocenters. The molecule has 0 aliphatic carbocycles. The van der Waals surface area contributed by atoms with E-state index in [9.17, 15) is 9.59 Å². The van der Waals surface area contributed by atoms with E-state index in [0.717, 1.165) is 36.3 Å². The molecule has 3 heterocycles. The number of rotatable bonds is 4. The van der Waals surface area contributed by atoms with Crippen LogP contribution >= 0.6 is 0 Å². The van der Waals surface area contributed by atoms with E-state index in [0.29, 0.717) is 5.69 Å². The summed E-state index contributed by atoms with van der Waals surface area (Å²) in [6.45, 7) is 2.81. The fourth-order valence-corrected chi connectivity index (χ4v) is 3.27. The first-order valence-electron chi connectivity index (χ1n) is 7.48. The van der Waals surface area contributed by atoms with Crippen molar-refractivity contribution < 1.29 is 14.3 Å². The molecule has 0 fully saturated rings. The Morgan fingerprint density at radius 3 is 2.82 bits per heavy atom. The monoisotopic (exact) mass is 300 g/mol. The summed E-state index contributed by atoms with van der Waals surface area (Å²) in [5.74, 6) is -0.285. The number of fused-ring (bicyclic) bond motifs is 1. The van der Waals surface area contributed by atoms with Crippen LogP contribution in [0, 0.1) is 6.92 Å². The Bertz CT molecular complexity index is 752. The lowest BCUT2D eigenvalue weighted by Gasteiger charge is -2.09. The summed E-state index contributed by atoms with van der Waals surface area (Å²) in [5.41, 5.74) is 4.29. The molecular formula is C17H20N2O3. The zero-order chi connectivity index (χ0) is 15.9. The van der Waals surface area contributed by atoms with Gasteiger partial charge in [-0.3, -0.25) is 9.59 Å². The number of ketones is 1. The predicted molar refractivity (Wildman–Crippen MR) is 82.1 cm³/mol. The van der Waals surface area contributed by atoms with Crippen molar-refractivity contribution in [1.82, 2.24) is 9.13 Å². The molecule has 22 heavy (non-hydrogen) atoms. The van der Waals surface area contributed by atoms with Crippen LogP contribution in [0.4, 0.5) is 0 Å². The highest BCUT2D eigenvalue weighted by atomic mass is 16.5. The highest BCUT2D eigenvalue weighted by molar-refractivity contribution is 6.08. The summed E-state index contributed by atoms with van der Waals surface area (Å²) >= 11 is 0. The number of hydrogen-bond donors (Lipinski definition) is 0. The van der Waals surface area contributed by atoms with Crippen molar-refractivity contribution in [3.63, 3.8) is 0 Å². The van der Waals surface area contributed by atoms with E-state index in [-0.39, 0.29) is 18.2 Å². The summed E-state index contributed by atoms with van der Waals surface area (Å²) in [7, 11) is 3.19. The van der Waals surface area contributed by atoms with Gasteiger partial charge in [0.1, 0.15) is 0 Å². The summed E-state index contributed by atoms with van der Waals surface area (Å²) < 4.78 is 8.63. The molecule has 0 bridgehead atoms. The maximum Gasteiger partial charge on any atom is 0.311 e. The second-order valence-corrected chi connectivity index (χ2v) is 5.77. The number of hydrogen-bond acceptors (Lipinski definition) is 3. The number of carbonyl (C=O) groups excluding carboxylic acids is 2. The minimum Gasteiger partial charge on any atom is -0.469 e. The zero-order valence-electron chi connectivity index (χ0n) is 13.2. The third-order valence-electron chi connectivity index (χ3n) is 4.41. The first-order chi connectivity index (χ1) is 10.5. The van der Waals surface area contributed by atoms with Gasteiger partial charge in [0.25, 0.3) is 0 Å². The van der Waals surface area contributed by atoms with Crippen LogP contribution in [0.1, 0.15) is 39.6 Å². The van der Waals surface area contributed by atoms with E-state index in [2.05, 4.69) is 4.57 Å². The fraction of sp³-hybridized carbons (Fsp3) is 0.412. The third-order valence-corrected chi connectivity index (χ3v) is 4.41. The molecule has 0 amide bonds. The molecule has 0 spiro atoms. The molecule has 1 aliphatic heterocycles. The average Bonchev–Trinajstić information content (AvgIpc) is 3.14. The summed E-state index contributed by atoms with van der Waals surface area (Å²) in [6.07, 6.45) is 2.30. The van der Waals surface area contributed by atoms with Crippen LogP contribution in [0.25, 0.3) is 0 Å². The molecule has 0 N–H and O–H groups in total. The van der Waals surface area contributed by atoms with Gasteiger partial charge in [-0.05, 0) is 43.5 Å². The van der Waals surface area contributed by atoms with E-state index in [1.807, 2.05) is 36.7 Å². The number of aryl methyl sites for hydroxylation is 2. The van der Waals surface area contributed by atoms with E-state index in [1.54, 1.807) is 0 Å². The third kappa shape index (κ3) is 2.26. The quantitative estimate of drug-likeness (QED) is 0.641. The van der Waals surface area contributed by atoms with Gasteiger partial charge in [0.05, 0.1) is 24.9 Å². The standard InChI is InChI=1S/C17H20N2O3/c1-11-9-13(10-15(20)22-3)18(2)16(11)17(21)14-7-6-12-5-4-8-19(12)14/h6-7,9H,4-5,8,10H2,1-3H3. The van der Waals surface area contributed by atoms with E-state index >= 15 is 0 Å². The Morgan fingerprint density at radius 2 is 2.09 bits per heavy atom. The molecule has 1 aliphatic rings. The Kier molecular flexibility index (Phi) is 3.64. The largest absolute Gasteiger partial charge is 0.469 e. The van der Waals surface area contributed by atoms with Crippen LogP contribution in [0.5, 0.6) is 0 Å². The van der Waals surface area contributed by atoms with Gasteiger partial charge in [-0.15, -0.1) is 0 Å². The van der Waals surface area contributed by atoms with Gasteiger partial charge in [-0.1, -0.05) is 0 Å². The lowest BCUT2D eigenvalue weighted by molar-refractivity contribution is -0.139. The van der Waals surface area contributed by atoms with Crippen molar-refractivity contribution in [3.05, 3.63) is 46.5 Å². The van der Waals surface area contributed by atoms with Crippen molar-refractivity contribution in [2.75, 3.05) is 7.11 Å². The Morgan fingerprint density at radius 1 is 1.32 bits per heavy atom. The van der Waals surface area contributed by atoms with Gasteiger partial charge in [0.15, 0.2) is 0 Å². The Hall–Kier alpha value is -2.30. The zero-order valence-corrected chi connectivity index (χ0v) is 13.2. The molecule has 0 saturated heterocycles. The smallest absolute Gasteiger partial charge is 0.311 e. The van der Waals surface area contributed by atoms with E-state index in [1.165, 1.54) is 12.8 Å². The predicted octanol–water partition coefficient (Wildman–Crippen LogP) is 2.03. The molecule has 0 radical (unpaired) electrons. The summed E-state index contributed by atoms with van der Waals surface area (Å²) in [4.78, 5) is 24.4. The molecule has 5 heteroatoms. The highest BCUT2D eigenvalue weighted by Gasteiger charge is 2.24. The average molecular weight is 300 g/mol. The van der Waals surface area contributed by atoms with Crippen LogP contribution in [-0.2, 0) is 36.0 Å². The van der Waals surface area contributed by atoms with Crippen LogP contribution in [0.15, 0.2) is 18.2 Å². The van der Waals surface area contributed by atoms with Crippen molar-refractivity contribution in [1.29, 1.82) is 0 Å². The number of nitrogens with zero attached hydrogens (tertiary/aromatic N) is 2. The SMILES string of the molecule is COC(=O)Cc1cc(C)c(C(=O)c2ccc3n2CCC3)n1C. The van der Waals surface area contributed by atoms with Crippen LogP contribution in [0.3, 0.4) is 0 Å². The van der Waals surface area contributed by atoms with Gasteiger partial charge in [-0.25, -0.2) is 0 Å². The molecule has 2 aromatic heterocycles. The normalized spacial score (nSPS) is 13.2. The molecule has 0 saturated carbocycles. The summed E-state index contributed by atoms with van der Waals surface area (Å²) in [5, 5.41) is 0. The van der Waals surface area contributed by atoms with Gasteiger partial charge in [0.2, 0.25) is 5.78 Å². The number of carbonyl (C=O) groups is 2. The lowest BCUT2D eigenvalue weighted by atomic mass is 10.1. The Balaban J connectivity index is 1.97. The van der Waals surface area contributed by atoms with Crippen molar-refractivity contribution in [2.24, 2.45) is 7.05 Å². The molecule has 0 aromatic carbocycles. The number of ether oxygens (including phenoxy) is 1. The molecule has 3 rings (SSSR count). The van der Waals surface area contributed by atoms with Crippen molar-refractivity contribution in [3.8, 4) is 0 Å². The first-order valence-corrected chi connectivity index (χ1v) is 7.48. The van der Waals surface area contributed by atoms with E-state index in [4.69, 9.17) is 4.74 Å². The first kappa shape index (κ1) is 14.6. The van der Waals surface area contributed by atoms with E-state index < -0.39 is 0 Å². The van der Waals surface area contributed by atoms with Crippen LogP contribution in [-0.4, -0.2) is 28.0 Å². The minimum absolute atomic E-state index is 0.0178. The molecule has 2 aromatic rings. The molecular weight excluding hydrogens is 280 g/mol. The molecule has 116 valence electrons. The Labute approximate surface area is 129 Å².